The fourth-order valence-electron chi connectivity index (χ4n) is 1.78. The molecule has 6 heteroatoms. The molecule has 0 saturated carbocycles. The van der Waals surface area contributed by atoms with Gasteiger partial charge in [-0.2, -0.15) is 8.42 Å². The number of rotatable bonds is 4. The summed E-state index contributed by atoms with van der Waals surface area (Å²) >= 11 is 0. The second-order valence-electron chi connectivity index (χ2n) is 3.76. The predicted octanol–water partition coefficient (Wildman–Crippen LogP) is 2.17. The fourth-order valence-corrected chi connectivity index (χ4v) is 3.04. The molecule has 1 heterocycles. The smallest absolute Gasteiger partial charge is 0.290 e. The van der Waals surface area contributed by atoms with E-state index in [0.717, 1.165) is 0 Å². The Morgan fingerprint density at radius 3 is 2.26 bits per heavy atom. The monoisotopic (exact) mass is 281 g/mol. The standard InChI is InChI=1S/C13H15NO4S/c1-3-17-11-12(10-8-6-5-7-9-10)19(15,16)14-13(11)18-4-2/h5-9H,3-4H2,1-2H3. The van der Waals surface area contributed by atoms with Crippen LogP contribution in [0.25, 0.3) is 4.91 Å². The van der Waals surface area contributed by atoms with Gasteiger partial charge in [0.25, 0.3) is 15.9 Å². The quantitative estimate of drug-likeness (QED) is 0.848. The molecule has 0 aliphatic carbocycles. The number of nitrogens with zero attached hydrogens (tertiary/aromatic N) is 1. The van der Waals surface area contributed by atoms with E-state index in [-0.39, 0.29) is 16.6 Å². The Balaban J connectivity index is 2.58. The van der Waals surface area contributed by atoms with Crippen molar-refractivity contribution in [2.75, 3.05) is 13.2 Å². The van der Waals surface area contributed by atoms with Gasteiger partial charge in [0.1, 0.15) is 4.91 Å². The first-order valence-electron chi connectivity index (χ1n) is 6.00. The molecule has 0 radical (unpaired) electrons. The average molecular weight is 281 g/mol. The Kier molecular flexibility index (Phi) is 3.90. The van der Waals surface area contributed by atoms with Gasteiger partial charge in [-0.1, -0.05) is 30.3 Å². The fraction of sp³-hybridized carbons (Fsp3) is 0.308. The summed E-state index contributed by atoms with van der Waals surface area (Å²) in [6.07, 6.45) is 0. The minimum Gasteiger partial charge on any atom is -0.487 e. The molecule has 2 rings (SSSR count). The van der Waals surface area contributed by atoms with Crippen molar-refractivity contribution in [2.45, 2.75) is 13.8 Å². The average Bonchev–Trinajstić information content (AvgIpc) is 2.62. The zero-order chi connectivity index (χ0) is 13.9. The number of benzene rings is 1. The maximum atomic E-state index is 12.1. The summed E-state index contributed by atoms with van der Waals surface area (Å²) < 4.78 is 38.5. The molecule has 102 valence electrons. The summed E-state index contributed by atoms with van der Waals surface area (Å²) in [5, 5.41) is 0. The van der Waals surface area contributed by atoms with Crippen LogP contribution in [-0.2, 0) is 19.5 Å². The second kappa shape index (κ2) is 5.44. The lowest BCUT2D eigenvalue weighted by atomic mass is 10.2. The third-order valence-corrected chi connectivity index (χ3v) is 3.81. The van der Waals surface area contributed by atoms with Gasteiger partial charge in [-0.15, -0.1) is 4.40 Å². The largest absolute Gasteiger partial charge is 0.487 e. The van der Waals surface area contributed by atoms with E-state index in [2.05, 4.69) is 4.40 Å². The highest BCUT2D eigenvalue weighted by Gasteiger charge is 2.36. The van der Waals surface area contributed by atoms with E-state index in [4.69, 9.17) is 9.47 Å². The molecule has 0 spiro atoms. The van der Waals surface area contributed by atoms with Crippen molar-refractivity contribution < 1.29 is 17.9 Å². The minimum atomic E-state index is -3.77. The molecule has 0 atom stereocenters. The van der Waals surface area contributed by atoms with E-state index < -0.39 is 10.0 Å². The van der Waals surface area contributed by atoms with E-state index in [9.17, 15) is 8.42 Å². The molecule has 0 bridgehead atoms. The Morgan fingerprint density at radius 1 is 1.05 bits per heavy atom. The van der Waals surface area contributed by atoms with Gasteiger partial charge in [0.15, 0.2) is 0 Å². The zero-order valence-corrected chi connectivity index (χ0v) is 11.6. The van der Waals surface area contributed by atoms with Crippen molar-refractivity contribution in [1.82, 2.24) is 0 Å². The van der Waals surface area contributed by atoms with Gasteiger partial charge in [-0.3, -0.25) is 0 Å². The molecule has 0 aromatic heterocycles. The van der Waals surface area contributed by atoms with Crippen LogP contribution >= 0.6 is 0 Å². The molecule has 1 aromatic carbocycles. The van der Waals surface area contributed by atoms with E-state index >= 15 is 0 Å². The summed E-state index contributed by atoms with van der Waals surface area (Å²) in [5.74, 6) is 0.221. The maximum Gasteiger partial charge on any atom is 0.290 e. The summed E-state index contributed by atoms with van der Waals surface area (Å²) in [4.78, 5) is 0.0680. The van der Waals surface area contributed by atoms with Gasteiger partial charge in [0.2, 0.25) is 5.76 Å². The molecule has 1 aliphatic heterocycles. The summed E-state index contributed by atoms with van der Waals surface area (Å²) in [5.41, 5.74) is 0.546. The number of hydrogen-bond acceptors (Lipinski definition) is 4. The van der Waals surface area contributed by atoms with Crippen LogP contribution in [0.2, 0.25) is 0 Å². The highest BCUT2D eigenvalue weighted by molar-refractivity contribution is 8.00. The van der Waals surface area contributed by atoms with Gasteiger partial charge >= 0.3 is 0 Å². The third-order valence-electron chi connectivity index (χ3n) is 2.47. The molecule has 1 aromatic rings. The van der Waals surface area contributed by atoms with E-state index in [1.807, 2.05) is 6.07 Å². The molecular formula is C13H15NO4S. The Bertz CT molecular complexity index is 617. The van der Waals surface area contributed by atoms with E-state index in [1.165, 1.54) is 0 Å². The molecule has 5 nitrogen and oxygen atoms in total. The normalized spacial score (nSPS) is 17.3. The van der Waals surface area contributed by atoms with Crippen LogP contribution in [-0.4, -0.2) is 27.5 Å². The number of hydrogen-bond donors (Lipinski definition) is 0. The van der Waals surface area contributed by atoms with Crippen LogP contribution in [0.5, 0.6) is 0 Å². The van der Waals surface area contributed by atoms with Crippen molar-refractivity contribution in [1.29, 1.82) is 0 Å². The van der Waals surface area contributed by atoms with Gasteiger partial charge < -0.3 is 9.47 Å². The Morgan fingerprint density at radius 2 is 1.68 bits per heavy atom. The van der Waals surface area contributed by atoms with Crippen molar-refractivity contribution in [3.63, 3.8) is 0 Å². The Hall–Kier alpha value is -1.82. The molecule has 0 N–H and O–H groups in total. The highest BCUT2D eigenvalue weighted by Crippen LogP contribution is 2.33. The summed E-state index contributed by atoms with van der Waals surface area (Å²) in [6.45, 7) is 4.21. The lowest BCUT2D eigenvalue weighted by Gasteiger charge is -2.09. The highest BCUT2D eigenvalue weighted by atomic mass is 32.2. The van der Waals surface area contributed by atoms with Crippen molar-refractivity contribution in [3.05, 3.63) is 41.7 Å². The molecular weight excluding hydrogens is 266 g/mol. The van der Waals surface area contributed by atoms with Crippen LogP contribution in [0.1, 0.15) is 19.4 Å². The van der Waals surface area contributed by atoms with Crippen LogP contribution < -0.4 is 0 Å². The van der Waals surface area contributed by atoms with Crippen LogP contribution in [0.15, 0.2) is 40.5 Å². The van der Waals surface area contributed by atoms with Crippen molar-refractivity contribution >= 4 is 20.8 Å². The number of ether oxygens (including phenoxy) is 2. The van der Waals surface area contributed by atoms with E-state index in [0.29, 0.717) is 18.8 Å². The molecule has 19 heavy (non-hydrogen) atoms. The minimum absolute atomic E-state index is 0.0307. The topological polar surface area (TPSA) is 65.0 Å². The molecule has 0 unspecified atom stereocenters. The first-order chi connectivity index (χ1) is 9.10. The lowest BCUT2D eigenvalue weighted by molar-refractivity contribution is 0.227. The zero-order valence-electron chi connectivity index (χ0n) is 10.8. The van der Waals surface area contributed by atoms with Crippen LogP contribution in [0, 0.1) is 0 Å². The van der Waals surface area contributed by atoms with Gasteiger partial charge in [0, 0.05) is 0 Å². The van der Waals surface area contributed by atoms with Crippen LogP contribution in [0.4, 0.5) is 0 Å². The van der Waals surface area contributed by atoms with Gasteiger partial charge in [-0.05, 0) is 19.4 Å². The van der Waals surface area contributed by atoms with E-state index in [1.54, 1.807) is 38.1 Å². The van der Waals surface area contributed by atoms with Gasteiger partial charge in [-0.25, -0.2) is 0 Å². The van der Waals surface area contributed by atoms with Crippen LogP contribution in [0.3, 0.4) is 0 Å². The maximum absolute atomic E-state index is 12.1. The predicted molar refractivity (Wildman–Crippen MR) is 73.0 cm³/mol. The molecule has 0 saturated heterocycles. The first kappa shape index (κ1) is 13.6. The van der Waals surface area contributed by atoms with Gasteiger partial charge in [0.05, 0.1) is 13.2 Å². The SMILES string of the molecule is CCOC1=NS(=O)(=O)C(c2ccccc2)=C1OCC. The first-order valence-corrected chi connectivity index (χ1v) is 7.44. The second-order valence-corrected chi connectivity index (χ2v) is 5.30. The molecule has 0 amide bonds. The summed E-state index contributed by atoms with van der Waals surface area (Å²) in [7, 11) is -3.77. The lowest BCUT2D eigenvalue weighted by Crippen LogP contribution is -2.09. The van der Waals surface area contributed by atoms with Crippen molar-refractivity contribution in [3.8, 4) is 0 Å². The molecule has 1 aliphatic rings. The van der Waals surface area contributed by atoms with Crippen molar-refractivity contribution in [2.24, 2.45) is 4.40 Å². The summed E-state index contributed by atoms with van der Waals surface area (Å²) in [6, 6.07) is 8.75. The third kappa shape index (κ3) is 2.63. The Labute approximate surface area is 112 Å². The molecule has 0 fully saturated rings. The number of sulfonamides is 1.